The third-order valence-corrected chi connectivity index (χ3v) is 3.55. The normalized spacial score (nSPS) is 31.2. The molecule has 1 nitrogen and oxygen atoms in total. The summed E-state index contributed by atoms with van der Waals surface area (Å²) in [6.07, 6.45) is 7.19. The van der Waals surface area contributed by atoms with Crippen LogP contribution >= 0.6 is 0 Å². The van der Waals surface area contributed by atoms with Gasteiger partial charge in [-0.2, -0.15) is 0 Å². The Morgan fingerprint density at radius 3 is 1.47 bits per heavy atom. The summed E-state index contributed by atoms with van der Waals surface area (Å²) in [5.74, 6) is 1.82. The van der Waals surface area contributed by atoms with E-state index in [1.165, 1.54) is 25.9 Å². The number of hydrogen-bond donors (Lipinski definition) is 1. The van der Waals surface area contributed by atoms with Crippen LogP contribution in [0.2, 0.25) is 0 Å². The van der Waals surface area contributed by atoms with E-state index in [0.29, 0.717) is 0 Å². The molecule has 0 aromatic rings. The van der Waals surface area contributed by atoms with E-state index in [1.54, 1.807) is 11.1 Å². The molecule has 2 rings (SSSR count). The Balaban J connectivity index is 0.000000581. The van der Waals surface area contributed by atoms with Crippen LogP contribution in [0.25, 0.3) is 0 Å². The van der Waals surface area contributed by atoms with Crippen LogP contribution in [0.3, 0.4) is 0 Å². The second-order valence-corrected chi connectivity index (χ2v) is 4.21. The van der Waals surface area contributed by atoms with Crippen LogP contribution in [0.15, 0.2) is 23.3 Å². The summed E-state index contributed by atoms with van der Waals surface area (Å²) in [4.78, 5) is 0. The average Bonchev–Trinajstić information content (AvgIpc) is 2.88. The lowest BCUT2D eigenvalue weighted by atomic mass is 9.76. The lowest BCUT2D eigenvalue weighted by molar-refractivity contribution is 0.387. The Morgan fingerprint density at radius 1 is 0.824 bits per heavy atom. The van der Waals surface area contributed by atoms with Crippen molar-refractivity contribution in [3.05, 3.63) is 23.3 Å². The van der Waals surface area contributed by atoms with Crippen molar-refractivity contribution in [2.45, 2.75) is 54.4 Å². The predicted molar refractivity (Wildman–Crippen MR) is 79.3 cm³/mol. The minimum absolute atomic E-state index is 0.912. The summed E-state index contributed by atoms with van der Waals surface area (Å²) >= 11 is 0. The maximum absolute atomic E-state index is 3.50. The van der Waals surface area contributed by atoms with Gasteiger partial charge in [0.1, 0.15) is 0 Å². The third-order valence-electron chi connectivity index (χ3n) is 3.55. The SMILES string of the molecule is C/C=C1/CC2CNCC2C/C1=C/C.CC.CC. The lowest BCUT2D eigenvalue weighted by Gasteiger charge is -2.28. The third kappa shape index (κ3) is 4.31. The first-order valence-electron chi connectivity index (χ1n) is 7.36. The van der Waals surface area contributed by atoms with Gasteiger partial charge in [-0.1, -0.05) is 39.8 Å². The van der Waals surface area contributed by atoms with Crippen LogP contribution in [-0.4, -0.2) is 13.1 Å². The van der Waals surface area contributed by atoms with Gasteiger partial charge < -0.3 is 5.32 Å². The molecule has 17 heavy (non-hydrogen) atoms. The monoisotopic (exact) mass is 237 g/mol. The van der Waals surface area contributed by atoms with E-state index < -0.39 is 0 Å². The Hall–Kier alpha value is -0.560. The van der Waals surface area contributed by atoms with Crippen molar-refractivity contribution in [2.24, 2.45) is 11.8 Å². The Labute approximate surface area is 108 Å². The second-order valence-electron chi connectivity index (χ2n) is 4.21. The van der Waals surface area contributed by atoms with Crippen molar-refractivity contribution in [1.29, 1.82) is 0 Å². The van der Waals surface area contributed by atoms with Gasteiger partial charge in [0.25, 0.3) is 0 Å². The molecule has 0 aromatic heterocycles. The molecule has 2 atom stereocenters. The summed E-state index contributed by atoms with van der Waals surface area (Å²) in [6, 6.07) is 0. The lowest BCUT2D eigenvalue weighted by Crippen LogP contribution is -2.20. The fourth-order valence-corrected chi connectivity index (χ4v) is 2.70. The Bertz CT molecular complexity index is 224. The van der Waals surface area contributed by atoms with Gasteiger partial charge in [0.2, 0.25) is 0 Å². The molecule has 0 aromatic carbocycles. The number of rotatable bonds is 0. The van der Waals surface area contributed by atoms with Gasteiger partial charge in [-0.25, -0.2) is 0 Å². The number of nitrogens with one attached hydrogen (secondary N) is 1. The van der Waals surface area contributed by atoms with Crippen LogP contribution < -0.4 is 5.32 Å². The van der Waals surface area contributed by atoms with Gasteiger partial charge in [-0.15, -0.1) is 0 Å². The van der Waals surface area contributed by atoms with Gasteiger partial charge in [0.05, 0.1) is 0 Å². The zero-order valence-corrected chi connectivity index (χ0v) is 12.6. The number of fused-ring (bicyclic) bond motifs is 1. The molecule has 1 saturated carbocycles. The van der Waals surface area contributed by atoms with E-state index in [0.717, 1.165) is 11.8 Å². The molecule has 2 fully saturated rings. The van der Waals surface area contributed by atoms with E-state index >= 15 is 0 Å². The molecule has 1 heterocycles. The quantitative estimate of drug-likeness (QED) is 0.651. The first kappa shape index (κ1) is 16.4. The molecular formula is C16H31N. The zero-order chi connectivity index (χ0) is 13.3. The van der Waals surface area contributed by atoms with Crippen LogP contribution in [0.1, 0.15) is 54.4 Å². The van der Waals surface area contributed by atoms with Crippen LogP contribution in [0, 0.1) is 11.8 Å². The zero-order valence-electron chi connectivity index (χ0n) is 12.6. The van der Waals surface area contributed by atoms with Crippen LogP contribution in [0.5, 0.6) is 0 Å². The summed E-state index contributed by atoms with van der Waals surface area (Å²) in [5.41, 5.74) is 3.18. The smallest absolute Gasteiger partial charge is 0.00140 e. The molecule has 1 heteroatoms. The van der Waals surface area contributed by atoms with Crippen molar-refractivity contribution in [3.8, 4) is 0 Å². The molecule has 1 saturated heterocycles. The molecule has 1 aliphatic heterocycles. The summed E-state index contributed by atoms with van der Waals surface area (Å²) in [7, 11) is 0. The molecule has 1 N–H and O–H groups in total. The van der Waals surface area contributed by atoms with Crippen molar-refractivity contribution in [2.75, 3.05) is 13.1 Å². The Morgan fingerprint density at radius 2 is 1.18 bits per heavy atom. The largest absolute Gasteiger partial charge is 0.316 e. The summed E-state index contributed by atoms with van der Waals surface area (Å²) in [6.45, 7) is 14.8. The maximum Gasteiger partial charge on any atom is -0.00140 e. The predicted octanol–water partition coefficient (Wildman–Crippen LogP) is 4.56. The first-order chi connectivity index (χ1) is 8.35. The standard InChI is InChI=1S/C12H19N.2C2H6/c1-3-9-5-11-7-13-8-12(11)6-10(9)4-2;2*1-2/h3-4,11-13H,5-8H2,1-2H3;2*1-2H3/b9-3-,10-4-;;. The van der Waals surface area contributed by atoms with Gasteiger partial charge in [0, 0.05) is 0 Å². The van der Waals surface area contributed by atoms with Gasteiger partial charge >= 0.3 is 0 Å². The molecule has 0 amide bonds. The number of allylic oxidation sites excluding steroid dienone is 4. The molecule has 100 valence electrons. The highest BCUT2D eigenvalue weighted by Crippen LogP contribution is 2.38. The first-order valence-corrected chi connectivity index (χ1v) is 7.36. The fourth-order valence-electron chi connectivity index (χ4n) is 2.70. The summed E-state index contributed by atoms with van der Waals surface area (Å²) < 4.78 is 0. The van der Waals surface area contributed by atoms with Crippen molar-refractivity contribution in [1.82, 2.24) is 5.32 Å². The maximum atomic E-state index is 3.50. The van der Waals surface area contributed by atoms with E-state index in [9.17, 15) is 0 Å². The van der Waals surface area contributed by atoms with Crippen molar-refractivity contribution in [3.63, 3.8) is 0 Å². The topological polar surface area (TPSA) is 12.0 Å². The van der Waals surface area contributed by atoms with E-state index in [1.807, 2.05) is 27.7 Å². The fraction of sp³-hybridized carbons (Fsp3) is 0.750. The average molecular weight is 237 g/mol. The van der Waals surface area contributed by atoms with Gasteiger partial charge in [-0.3, -0.25) is 0 Å². The second kappa shape index (κ2) is 9.47. The van der Waals surface area contributed by atoms with E-state index in [4.69, 9.17) is 0 Å². The number of hydrogen-bond acceptors (Lipinski definition) is 1. The molecule has 0 bridgehead atoms. The molecular weight excluding hydrogens is 206 g/mol. The van der Waals surface area contributed by atoms with Gasteiger partial charge in [-0.05, 0) is 62.8 Å². The highest BCUT2D eigenvalue weighted by molar-refractivity contribution is 5.34. The van der Waals surface area contributed by atoms with Crippen LogP contribution in [0.4, 0.5) is 0 Å². The molecule has 2 unspecified atom stereocenters. The van der Waals surface area contributed by atoms with Crippen molar-refractivity contribution >= 4 is 0 Å². The van der Waals surface area contributed by atoms with Crippen LogP contribution in [-0.2, 0) is 0 Å². The van der Waals surface area contributed by atoms with E-state index in [-0.39, 0.29) is 0 Å². The summed E-state index contributed by atoms with van der Waals surface area (Å²) in [5, 5.41) is 3.50. The highest BCUT2D eigenvalue weighted by atomic mass is 14.9. The molecule has 0 radical (unpaired) electrons. The minimum atomic E-state index is 0.912. The molecule has 1 aliphatic carbocycles. The van der Waals surface area contributed by atoms with E-state index in [2.05, 4.69) is 31.3 Å². The minimum Gasteiger partial charge on any atom is -0.316 e. The van der Waals surface area contributed by atoms with Crippen molar-refractivity contribution < 1.29 is 0 Å². The Kier molecular flexibility index (Phi) is 9.16. The molecule has 0 spiro atoms. The highest BCUT2D eigenvalue weighted by Gasteiger charge is 2.32. The van der Waals surface area contributed by atoms with Gasteiger partial charge in [0.15, 0.2) is 0 Å². The molecule has 2 aliphatic rings.